The summed E-state index contributed by atoms with van der Waals surface area (Å²) < 4.78 is 5.41. The van der Waals surface area contributed by atoms with E-state index in [4.69, 9.17) is 4.74 Å². The lowest BCUT2D eigenvalue weighted by atomic mass is 9.99. The fourth-order valence-electron chi connectivity index (χ4n) is 3.27. The number of ether oxygens (including phenoxy) is 1. The van der Waals surface area contributed by atoms with Crippen LogP contribution in [0.4, 0.5) is 0 Å². The number of aromatic nitrogens is 2. The van der Waals surface area contributed by atoms with Crippen molar-refractivity contribution in [3.8, 4) is 5.75 Å². The lowest BCUT2D eigenvalue weighted by Crippen LogP contribution is -2.13. The molecule has 0 aliphatic rings. The van der Waals surface area contributed by atoms with Gasteiger partial charge in [0.2, 0.25) is 5.82 Å². The van der Waals surface area contributed by atoms with Gasteiger partial charge in [0.25, 0.3) is 0 Å². The Morgan fingerprint density at radius 3 is 2.14 bits per heavy atom. The van der Waals surface area contributed by atoms with Gasteiger partial charge in [0, 0.05) is 12.4 Å². The molecule has 0 aliphatic carbocycles. The minimum atomic E-state index is -0.512. The first kappa shape index (κ1) is 23.1. The molecule has 4 heteroatoms. The highest BCUT2D eigenvalue weighted by molar-refractivity contribution is 5.86. The predicted molar refractivity (Wildman–Crippen MR) is 118 cm³/mol. The first-order valence-corrected chi connectivity index (χ1v) is 11.2. The van der Waals surface area contributed by atoms with Crippen molar-refractivity contribution in [2.75, 3.05) is 0 Å². The van der Waals surface area contributed by atoms with Gasteiger partial charge in [-0.3, -0.25) is 0 Å². The minimum Gasteiger partial charge on any atom is -0.421 e. The van der Waals surface area contributed by atoms with Crippen LogP contribution in [0.3, 0.4) is 0 Å². The van der Waals surface area contributed by atoms with Gasteiger partial charge in [0.1, 0.15) is 5.75 Å². The number of hydrogen-bond acceptors (Lipinski definition) is 4. The fourth-order valence-corrected chi connectivity index (χ4v) is 3.27. The molecular formula is C25H36N2O2. The third kappa shape index (κ3) is 8.76. The summed E-state index contributed by atoms with van der Waals surface area (Å²) in [6.07, 6.45) is 15.6. The molecule has 0 N–H and O–H groups in total. The molecule has 2 aromatic rings. The van der Waals surface area contributed by atoms with E-state index < -0.39 is 5.97 Å². The Bertz CT molecular complexity index is 711. The van der Waals surface area contributed by atoms with Crippen molar-refractivity contribution >= 4 is 5.97 Å². The first-order chi connectivity index (χ1) is 14.1. The van der Waals surface area contributed by atoms with E-state index in [-0.39, 0.29) is 5.82 Å². The second-order valence-electron chi connectivity index (χ2n) is 8.04. The van der Waals surface area contributed by atoms with Gasteiger partial charge in [-0.1, -0.05) is 77.8 Å². The third-order valence-electron chi connectivity index (χ3n) is 5.37. The molecule has 0 amide bonds. The second kappa shape index (κ2) is 13.1. The summed E-state index contributed by atoms with van der Waals surface area (Å²) in [5.41, 5.74) is 2.33. The monoisotopic (exact) mass is 396 g/mol. The highest BCUT2D eigenvalue weighted by Crippen LogP contribution is 2.17. The smallest absolute Gasteiger partial charge is 0.381 e. The Kier molecular flexibility index (Phi) is 10.4. The average Bonchev–Trinajstić information content (AvgIpc) is 2.74. The maximum Gasteiger partial charge on any atom is 0.381 e. The molecule has 0 saturated heterocycles. The van der Waals surface area contributed by atoms with Gasteiger partial charge in [-0.2, -0.15) is 0 Å². The number of unbranched alkanes of at least 4 members (excludes halogenated alkanes) is 6. The number of benzene rings is 1. The zero-order valence-electron chi connectivity index (χ0n) is 18.3. The molecule has 1 unspecified atom stereocenters. The van der Waals surface area contributed by atoms with Gasteiger partial charge in [-0.25, -0.2) is 14.8 Å². The molecule has 29 heavy (non-hydrogen) atoms. The molecule has 2 rings (SSSR count). The van der Waals surface area contributed by atoms with E-state index in [1.807, 2.05) is 24.3 Å². The van der Waals surface area contributed by atoms with Crippen LogP contribution >= 0.6 is 0 Å². The standard InChI is InChI=1S/C25H36N2O2/c1-4-6-7-8-9-10-11-12-22-18-26-24(27-19-22)25(28)29-23-15-13-21(14-16-23)17-20(3)5-2/h13-16,18-20H,4-12,17H2,1-3H3. The van der Waals surface area contributed by atoms with Gasteiger partial charge in [0.05, 0.1) is 0 Å². The maximum atomic E-state index is 12.3. The van der Waals surface area contributed by atoms with Crippen molar-refractivity contribution in [2.45, 2.75) is 85.0 Å². The summed E-state index contributed by atoms with van der Waals surface area (Å²) in [5.74, 6) is 0.772. The van der Waals surface area contributed by atoms with Gasteiger partial charge >= 0.3 is 5.97 Å². The largest absolute Gasteiger partial charge is 0.421 e. The van der Waals surface area contributed by atoms with Crippen molar-refractivity contribution in [1.29, 1.82) is 0 Å². The number of rotatable bonds is 13. The van der Waals surface area contributed by atoms with Gasteiger partial charge in [0.15, 0.2) is 0 Å². The number of hydrogen-bond donors (Lipinski definition) is 0. The zero-order chi connectivity index (χ0) is 20.9. The number of carbonyl (C=O) groups excluding carboxylic acids is 1. The maximum absolute atomic E-state index is 12.3. The molecular weight excluding hydrogens is 360 g/mol. The van der Waals surface area contributed by atoms with E-state index in [9.17, 15) is 4.79 Å². The van der Waals surface area contributed by atoms with E-state index in [0.717, 1.165) is 31.2 Å². The second-order valence-corrected chi connectivity index (χ2v) is 8.04. The normalized spacial score (nSPS) is 12.0. The van der Waals surface area contributed by atoms with Crippen LogP contribution in [0.25, 0.3) is 0 Å². The molecule has 0 bridgehead atoms. The fraction of sp³-hybridized carbons (Fsp3) is 0.560. The quantitative estimate of drug-likeness (QED) is 0.218. The number of aryl methyl sites for hydroxylation is 1. The Morgan fingerprint density at radius 2 is 1.52 bits per heavy atom. The van der Waals surface area contributed by atoms with Crippen molar-refractivity contribution in [3.63, 3.8) is 0 Å². The summed E-state index contributed by atoms with van der Waals surface area (Å²) >= 11 is 0. The van der Waals surface area contributed by atoms with Crippen LogP contribution in [0.2, 0.25) is 0 Å². The van der Waals surface area contributed by atoms with Crippen molar-refractivity contribution in [2.24, 2.45) is 5.92 Å². The van der Waals surface area contributed by atoms with Crippen LogP contribution < -0.4 is 4.74 Å². The SMILES string of the molecule is CCCCCCCCCc1cnc(C(=O)Oc2ccc(CC(C)CC)cc2)nc1. The molecule has 4 nitrogen and oxygen atoms in total. The lowest BCUT2D eigenvalue weighted by molar-refractivity contribution is 0.0721. The first-order valence-electron chi connectivity index (χ1n) is 11.2. The molecule has 1 heterocycles. The molecule has 0 spiro atoms. The highest BCUT2D eigenvalue weighted by atomic mass is 16.5. The average molecular weight is 397 g/mol. The number of carbonyl (C=O) groups is 1. The molecule has 1 aromatic carbocycles. The van der Waals surface area contributed by atoms with Crippen LogP contribution in [-0.4, -0.2) is 15.9 Å². The van der Waals surface area contributed by atoms with Gasteiger partial charge in [-0.05, 0) is 48.4 Å². The lowest BCUT2D eigenvalue weighted by Gasteiger charge is -2.09. The Hall–Kier alpha value is -2.23. The van der Waals surface area contributed by atoms with E-state index in [2.05, 4.69) is 30.7 Å². The van der Waals surface area contributed by atoms with E-state index >= 15 is 0 Å². The number of esters is 1. The Balaban J connectivity index is 1.75. The summed E-state index contributed by atoms with van der Waals surface area (Å²) in [4.78, 5) is 20.7. The molecule has 0 radical (unpaired) electrons. The van der Waals surface area contributed by atoms with Gasteiger partial charge in [-0.15, -0.1) is 0 Å². The molecule has 0 aliphatic heterocycles. The molecule has 0 saturated carbocycles. The summed E-state index contributed by atoms with van der Waals surface area (Å²) in [5, 5.41) is 0. The van der Waals surface area contributed by atoms with Crippen LogP contribution in [0.1, 0.15) is 93.9 Å². The van der Waals surface area contributed by atoms with E-state index in [0.29, 0.717) is 11.7 Å². The van der Waals surface area contributed by atoms with E-state index in [1.54, 1.807) is 12.4 Å². The van der Waals surface area contributed by atoms with Crippen molar-refractivity contribution < 1.29 is 9.53 Å². The summed E-state index contributed by atoms with van der Waals surface area (Å²) in [6.45, 7) is 6.67. The molecule has 1 atom stereocenters. The van der Waals surface area contributed by atoms with Crippen LogP contribution in [-0.2, 0) is 12.8 Å². The third-order valence-corrected chi connectivity index (χ3v) is 5.37. The predicted octanol–water partition coefficient (Wildman–Crippen LogP) is 6.58. The van der Waals surface area contributed by atoms with Crippen LogP contribution in [0.5, 0.6) is 5.75 Å². The Morgan fingerprint density at radius 1 is 0.897 bits per heavy atom. The number of nitrogens with zero attached hydrogens (tertiary/aromatic N) is 2. The van der Waals surface area contributed by atoms with Gasteiger partial charge < -0.3 is 4.74 Å². The molecule has 1 aromatic heterocycles. The topological polar surface area (TPSA) is 52.1 Å². The van der Waals surface area contributed by atoms with Crippen LogP contribution in [0, 0.1) is 5.92 Å². The zero-order valence-corrected chi connectivity index (χ0v) is 18.3. The van der Waals surface area contributed by atoms with Crippen molar-refractivity contribution in [3.05, 3.63) is 53.6 Å². The molecule has 158 valence electrons. The van der Waals surface area contributed by atoms with Crippen LogP contribution in [0.15, 0.2) is 36.7 Å². The van der Waals surface area contributed by atoms with Crippen molar-refractivity contribution in [1.82, 2.24) is 9.97 Å². The molecule has 0 fully saturated rings. The summed E-state index contributed by atoms with van der Waals surface area (Å²) in [7, 11) is 0. The van der Waals surface area contributed by atoms with E-state index in [1.165, 1.54) is 44.1 Å². The Labute approximate surface area is 176 Å². The minimum absolute atomic E-state index is 0.108. The summed E-state index contributed by atoms with van der Waals surface area (Å²) in [6, 6.07) is 7.71. The highest BCUT2D eigenvalue weighted by Gasteiger charge is 2.12.